The van der Waals surface area contributed by atoms with Crippen molar-refractivity contribution in [1.82, 2.24) is 14.5 Å². The molecule has 0 aliphatic rings. The lowest BCUT2D eigenvalue weighted by Crippen LogP contribution is -2.23. The van der Waals surface area contributed by atoms with Crippen LogP contribution in [-0.4, -0.2) is 21.1 Å². The number of hydrogen-bond acceptors (Lipinski definition) is 4. The Morgan fingerprint density at radius 2 is 2.21 bits per heavy atom. The average molecular weight is 258 g/mol. The van der Waals surface area contributed by atoms with Crippen molar-refractivity contribution in [3.63, 3.8) is 0 Å². The SMILES string of the molecule is CCCNc1ccnc(Cn2cc(C)cnc2=O)c1. The van der Waals surface area contributed by atoms with Crippen LogP contribution in [0.25, 0.3) is 0 Å². The normalized spacial score (nSPS) is 10.4. The van der Waals surface area contributed by atoms with Gasteiger partial charge in [-0.3, -0.25) is 9.55 Å². The summed E-state index contributed by atoms with van der Waals surface area (Å²) in [5.74, 6) is 0. The number of hydrogen-bond donors (Lipinski definition) is 1. The van der Waals surface area contributed by atoms with Gasteiger partial charge in [-0.1, -0.05) is 6.92 Å². The molecule has 2 heterocycles. The van der Waals surface area contributed by atoms with E-state index < -0.39 is 0 Å². The van der Waals surface area contributed by atoms with E-state index in [0.717, 1.165) is 29.9 Å². The Labute approximate surface area is 112 Å². The summed E-state index contributed by atoms with van der Waals surface area (Å²) in [7, 11) is 0. The molecule has 5 nitrogen and oxygen atoms in total. The fraction of sp³-hybridized carbons (Fsp3) is 0.357. The van der Waals surface area contributed by atoms with Gasteiger partial charge in [-0.25, -0.2) is 9.78 Å². The highest BCUT2D eigenvalue weighted by molar-refractivity contribution is 5.43. The summed E-state index contributed by atoms with van der Waals surface area (Å²) in [6.45, 7) is 5.40. The van der Waals surface area contributed by atoms with E-state index in [1.54, 1.807) is 23.2 Å². The molecule has 19 heavy (non-hydrogen) atoms. The molecule has 0 saturated carbocycles. The molecule has 0 aliphatic heterocycles. The Balaban J connectivity index is 2.18. The van der Waals surface area contributed by atoms with Crippen molar-refractivity contribution in [2.24, 2.45) is 0 Å². The van der Waals surface area contributed by atoms with Crippen molar-refractivity contribution in [2.75, 3.05) is 11.9 Å². The maximum absolute atomic E-state index is 11.6. The van der Waals surface area contributed by atoms with Gasteiger partial charge in [0.25, 0.3) is 0 Å². The quantitative estimate of drug-likeness (QED) is 0.888. The van der Waals surface area contributed by atoms with Crippen LogP contribution in [-0.2, 0) is 6.54 Å². The Morgan fingerprint density at radius 3 is 3.00 bits per heavy atom. The predicted octanol–water partition coefficient (Wildman–Crippen LogP) is 1.82. The molecule has 0 amide bonds. The van der Waals surface area contributed by atoms with E-state index in [4.69, 9.17) is 0 Å². The first-order valence-electron chi connectivity index (χ1n) is 6.41. The third-order valence-corrected chi connectivity index (χ3v) is 2.71. The molecule has 2 aromatic rings. The molecule has 2 aromatic heterocycles. The number of anilines is 1. The molecule has 0 unspecified atom stereocenters. The Morgan fingerprint density at radius 1 is 1.37 bits per heavy atom. The molecular weight excluding hydrogens is 240 g/mol. The summed E-state index contributed by atoms with van der Waals surface area (Å²) < 4.78 is 1.57. The van der Waals surface area contributed by atoms with Gasteiger partial charge in [0.15, 0.2) is 0 Å². The van der Waals surface area contributed by atoms with Crippen molar-refractivity contribution in [1.29, 1.82) is 0 Å². The number of nitrogens with one attached hydrogen (secondary N) is 1. The van der Waals surface area contributed by atoms with Gasteiger partial charge in [0.1, 0.15) is 0 Å². The summed E-state index contributed by atoms with van der Waals surface area (Å²) in [4.78, 5) is 19.7. The number of aryl methyl sites for hydroxylation is 1. The van der Waals surface area contributed by atoms with E-state index in [2.05, 4.69) is 22.2 Å². The second-order valence-corrected chi connectivity index (χ2v) is 4.50. The zero-order valence-corrected chi connectivity index (χ0v) is 11.3. The highest BCUT2D eigenvalue weighted by Gasteiger charge is 2.02. The van der Waals surface area contributed by atoms with Crippen LogP contribution in [0, 0.1) is 6.92 Å². The van der Waals surface area contributed by atoms with Crippen LogP contribution in [0.1, 0.15) is 24.6 Å². The van der Waals surface area contributed by atoms with Gasteiger partial charge in [0.2, 0.25) is 0 Å². The average Bonchev–Trinajstić information content (AvgIpc) is 2.41. The molecule has 0 radical (unpaired) electrons. The first kappa shape index (κ1) is 13.3. The van der Waals surface area contributed by atoms with Gasteiger partial charge < -0.3 is 5.32 Å². The molecule has 0 atom stereocenters. The van der Waals surface area contributed by atoms with Gasteiger partial charge in [0.05, 0.1) is 12.2 Å². The number of aromatic nitrogens is 3. The third-order valence-electron chi connectivity index (χ3n) is 2.71. The Kier molecular flexibility index (Phi) is 4.28. The minimum absolute atomic E-state index is 0.251. The largest absolute Gasteiger partial charge is 0.385 e. The lowest BCUT2D eigenvalue weighted by Gasteiger charge is -2.08. The van der Waals surface area contributed by atoms with Crippen molar-refractivity contribution in [3.05, 3.63) is 52.5 Å². The van der Waals surface area contributed by atoms with Crippen LogP contribution in [0.2, 0.25) is 0 Å². The second kappa shape index (κ2) is 6.13. The maximum Gasteiger partial charge on any atom is 0.347 e. The molecule has 0 aromatic carbocycles. The van der Waals surface area contributed by atoms with Crippen LogP contribution in [0.4, 0.5) is 5.69 Å². The van der Waals surface area contributed by atoms with E-state index in [1.807, 2.05) is 19.1 Å². The Hall–Kier alpha value is -2.17. The number of pyridine rings is 1. The van der Waals surface area contributed by atoms with Crippen molar-refractivity contribution in [2.45, 2.75) is 26.8 Å². The zero-order chi connectivity index (χ0) is 13.7. The first-order valence-corrected chi connectivity index (χ1v) is 6.41. The van der Waals surface area contributed by atoms with Gasteiger partial charge in [-0.15, -0.1) is 0 Å². The molecule has 2 rings (SSSR count). The van der Waals surface area contributed by atoms with Crippen LogP contribution in [0.3, 0.4) is 0 Å². The molecular formula is C14H18N4O. The molecule has 0 spiro atoms. The Bertz CT molecular complexity index is 606. The molecule has 0 aliphatic carbocycles. The molecule has 0 saturated heterocycles. The summed E-state index contributed by atoms with van der Waals surface area (Å²) in [5.41, 5.74) is 2.58. The minimum atomic E-state index is -0.251. The van der Waals surface area contributed by atoms with E-state index in [0.29, 0.717) is 6.54 Å². The molecule has 0 fully saturated rings. The molecule has 100 valence electrons. The summed E-state index contributed by atoms with van der Waals surface area (Å²) in [6.07, 6.45) is 6.19. The van der Waals surface area contributed by atoms with E-state index in [9.17, 15) is 4.79 Å². The summed E-state index contributed by atoms with van der Waals surface area (Å²) in [5, 5.41) is 3.30. The number of rotatable bonds is 5. The maximum atomic E-state index is 11.6. The van der Waals surface area contributed by atoms with Gasteiger partial charge in [0, 0.05) is 30.8 Å². The fourth-order valence-corrected chi connectivity index (χ4v) is 1.80. The summed E-state index contributed by atoms with van der Waals surface area (Å²) in [6, 6.07) is 3.89. The van der Waals surface area contributed by atoms with Crippen LogP contribution in [0.15, 0.2) is 35.5 Å². The van der Waals surface area contributed by atoms with E-state index >= 15 is 0 Å². The lowest BCUT2D eigenvalue weighted by molar-refractivity contribution is 0.705. The monoisotopic (exact) mass is 258 g/mol. The fourth-order valence-electron chi connectivity index (χ4n) is 1.80. The van der Waals surface area contributed by atoms with Gasteiger partial charge in [-0.05, 0) is 31.0 Å². The van der Waals surface area contributed by atoms with Crippen LogP contribution < -0.4 is 11.0 Å². The highest BCUT2D eigenvalue weighted by atomic mass is 16.1. The van der Waals surface area contributed by atoms with Crippen LogP contribution in [0.5, 0.6) is 0 Å². The van der Waals surface area contributed by atoms with Crippen molar-refractivity contribution < 1.29 is 0 Å². The molecule has 5 heteroatoms. The molecule has 0 bridgehead atoms. The predicted molar refractivity (Wildman–Crippen MR) is 75.4 cm³/mol. The standard InChI is InChI=1S/C14H18N4O/c1-3-5-15-12-4-6-16-13(7-12)10-18-9-11(2)8-17-14(18)19/h4,6-9H,3,5,10H2,1-2H3,(H,15,16). The van der Waals surface area contributed by atoms with Gasteiger partial charge >= 0.3 is 5.69 Å². The number of nitrogens with zero attached hydrogens (tertiary/aromatic N) is 3. The minimum Gasteiger partial charge on any atom is -0.385 e. The second-order valence-electron chi connectivity index (χ2n) is 4.50. The van der Waals surface area contributed by atoms with E-state index in [1.165, 1.54) is 0 Å². The summed E-state index contributed by atoms with van der Waals surface area (Å²) >= 11 is 0. The van der Waals surface area contributed by atoms with Crippen molar-refractivity contribution in [3.8, 4) is 0 Å². The van der Waals surface area contributed by atoms with Crippen LogP contribution >= 0.6 is 0 Å². The highest BCUT2D eigenvalue weighted by Crippen LogP contribution is 2.08. The lowest BCUT2D eigenvalue weighted by atomic mass is 10.3. The zero-order valence-electron chi connectivity index (χ0n) is 11.3. The van der Waals surface area contributed by atoms with Gasteiger partial charge in [-0.2, -0.15) is 0 Å². The topological polar surface area (TPSA) is 59.8 Å². The van der Waals surface area contributed by atoms with E-state index in [-0.39, 0.29) is 5.69 Å². The third kappa shape index (κ3) is 3.64. The first-order chi connectivity index (χ1) is 9.19. The smallest absolute Gasteiger partial charge is 0.347 e. The molecule has 1 N–H and O–H groups in total. The van der Waals surface area contributed by atoms with Crippen molar-refractivity contribution >= 4 is 5.69 Å².